The van der Waals surface area contributed by atoms with Crippen molar-refractivity contribution in [2.45, 2.75) is 32.1 Å². The number of hydrogen-bond acceptors (Lipinski definition) is 3. The molecule has 2 N–H and O–H groups in total. The fraction of sp³-hybridized carbons (Fsp3) is 0.818. The monoisotopic (exact) mass is 260 g/mol. The minimum atomic E-state index is -0.979. The van der Waals surface area contributed by atoms with Gasteiger partial charge in [-0.1, -0.05) is 20.8 Å². The second-order valence-corrected chi connectivity index (χ2v) is 6.18. The lowest BCUT2D eigenvalue weighted by Crippen LogP contribution is -2.52. The van der Waals surface area contributed by atoms with Crippen LogP contribution in [0.5, 0.6) is 0 Å². The number of urea groups is 1. The number of hydrogen-bond donors (Lipinski definition) is 2. The first-order valence-corrected chi connectivity index (χ1v) is 6.86. The van der Waals surface area contributed by atoms with Crippen LogP contribution in [0.15, 0.2) is 0 Å². The maximum Gasteiger partial charge on any atom is 0.326 e. The number of carboxylic acids is 1. The van der Waals surface area contributed by atoms with Gasteiger partial charge in [0.1, 0.15) is 6.04 Å². The molecule has 1 heterocycles. The van der Waals surface area contributed by atoms with Gasteiger partial charge in [0.2, 0.25) is 0 Å². The van der Waals surface area contributed by atoms with Crippen molar-refractivity contribution in [2.24, 2.45) is 5.92 Å². The van der Waals surface area contributed by atoms with Crippen molar-refractivity contribution in [1.82, 2.24) is 10.2 Å². The molecule has 1 saturated heterocycles. The third kappa shape index (κ3) is 4.11. The standard InChI is InChI=1S/C11H20N2O3S/c1-7(2)9(10(14)15)12-11(16)13-4-5-17-8(3)6-13/h7-9H,4-6H2,1-3H3,(H,12,16)(H,14,15)/t8?,9-/m0/s1. The molecule has 5 nitrogen and oxygen atoms in total. The largest absolute Gasteiger partial charge is 0.480 e. The number of aliphatic carboxylic acids is 1. The second kappa shape index (κ2) is 6.14. The van der Waals surface area contributed by atoms with Crippen molar-refractivity contribution >= 4 is 23.8 Å². The first-order chi connectivity index (χ1) is 7.91. The Balaban J connectivity index is 2.54. The zero-order valence-corrected chi connectivity index (χ0v) is 11.3. The Morgan fingerprint density at radius 1 is 1.47 bits per heavy atom. The molecule has 2 atom stereocenters. The van der Waals surface area contributed by atoms with Crippen LogP contribution in [-0.4, -0.2) is 52.1 Å². The Bertz CT molecular complexity index is 296. The van der Waals surface area contributed by atoms with Crippen molar-refractivity contribution in [1.29, 1.82) is 0 Å². The number of carbonyl (C=O) groups excluding carboxylic acids is 1. The number of thioether (sulfide) groups is 1. The molecule has 6 heteroatoms. The van der Waals surface area contributed by atoms with Crippen molar-refractivity contribution in [3.63, 3.8) is 0 Å². The molecule has 0 aromatic carbocycles. The van der Waals surface area contributed by atoms with Crippen LogP contribution in [0.3, 0.4) is 0 Å². The molecule has 0 spiro atoms. The summed E-state index contributed by atoms with van der Waals surface area (Å²) < 4.78 is 0. The van der Waals surface area contributed by atoms with E-state index in [1.165, 1.54) is 0 Å². The minimum Gasteiger partial charge on any atom is -0.480 e. The Labute approximate surface area is 106 Å². The zero-order valence-electron chi connectivity index (χ0n) is 10.5. The average Bonchev–Trinajstić information content (AvgIpc) is 2.24. The fourth-order valence-electron chi connectivity index (χ4n) is 1.74. The maximum absolute atomic E-state index is 11.9. The lowest BCUT2D eigenvalue weighted by molar-refractivity contribution is -0.140. The van der Waals surface area contributed by atoms with Crippen LogP contribution < -0.4 is 5.32 Å². The molecule has 1 aliphatic rings. The molecule has 0 bridgehead atoms. The number of carbonyl (C=O) groups is 2. The summed E-state index contributed by atoms with van der Waals surface area (Å²) in [6, 6.07) is -1.08. The van der Waals surface area contributed by atoms with Crippen molar-refractivity contribution in [3.8, 4) is 0 Å². The molecule has 98 valence electrons. The smallest absolute Gasteiger partial charge is 0.326 e. The summed E-state index contributed by atoms with van der Waals surface area (Å²) in [7, 11) is 0. The lowest BCUT2D eigenvalue weighted by atomic mass is 10.1. The molecule has 0 aromatic heterocycles. The average molecular weight is 260 g/mol. The fourth-order valence-corrected chi connectivity index (χ4v) is 2.75. The quantitative estimate of drug-likeness (QED) is 0.801. The molecular formula is C11H20N2O3S. The van der Waals surface area contributed by atoms with E-state index in [4.69, 9.17) is 5.11 Å². The number of amides is 2. The highest BCUT2D eigenvalue weighted by Crippen LogP contribution is 2.17. The van der Waals surface area contributed by atoms with Crippen LogP contribution >= 0.6 is 11.8 Å². The van der Waals surface area contributed by atoms with Gasteiger partial charge >= 0.3 is 12.0 Å². The highest BCUT2D eigenvalue weighted by Gasteiger charge is 2.27. The Morgan fingerprint density at radius 3 is 2.59 bits per heavy atom. The third-order valence-corrected chi connectivity index (χ3v) is 3.88. The van der Waals surface area contributed by atoms with Gasteiger partial charge in [-0.25, -0.2) is 9.59 Å². The summed E-state index contributed by atoms with van der Waals surface area (Å²) in [5, 5.41) is 12.0. The van der Waals surface area contributed by atoms with E-state index in [-0.39, 0.29) is 11.9 Å². The molecular weight excluding hydrogens is 240 g/mol. The molecule has 1 rings (SSSR count). The van der Waals surface area contributed by atoms with Gasteiger partial charge in [-0.15, -0.1) is 0 Å². The molecule has 0 aliphatic carbocycles. The molecule has 1 unspecified atom stereocenters. The Hall–Kier alpha value is -0.910. The lowest BCUT2D eigenvalue weighted by Gasteiger charge is -2.32. The predicted molar refractivity (Wildman–Crippen MR) is 68.3 cm³/mol. The molecule has 0 aromatic rings. The molecule has 1 fully saturated rings. The third-order valence-electron chi connectivity index (χ3n) is 2.74. The number of rotatable bonds is 3. The summed E-state index contributed by atoms with van der Waals surface area (Å²) >= 11 is 1.83. The van der Waals surface area contributed by atoms with Crippen molar-refractivity contribution < 1.29 is 14.7 Å². The highest BCUT2D eigenvalue weighted by molar-refractivity contribution is 7.99. The second-order valence-electron chi connectivity index (χ2n) is 4.64. The minimum absolute atomic E-state index is 0.118. The van der Waals surface area contributed by atoms with Crippen LogP contribution in [0.2, 0.25) is 0 Å². The van der Waals surface area contributed by atoms with E-state index in [9.17, 15) is 9.59 Å². The topological polar surface area (TPSA) is 69.6 Å². The van der Waals surface area contributed by atoms with E-state index in [2.05, 4.69) is 12.2 Å². The van der Waals surface area contributed by atoms with Gasteiger partial charge in [-0.2, -0.15) is 11.8 Å². The van der Waals surface area contributed by atoms with Crippen LogP contribution in [0, 0.1) is 5.92 Å². The maximum atomic E-state index is 11.9. The molecule has 2 amide bonds. The van der Waals surface area contributed by atoms with Gasteiger partial charge in [-0.05, 0) is 5.92 Å². The molecule has 0 radical (unpaired) electrons. The van der Waals surface area contributed by atoms with Gasteiger partial charge in [0, 0.05) is 24.1 Å². The normalized spacial score (nSPS) is 22.4. The van der Waals surface area contributed by atoms with Crippen molar-refractivity contribution in [3.05, 3.63) is 0 Å². The number of nitrogens with zero attached hydrogens (tertiary/aromatic N) is 1. The summed E-state index contributed by atoms with van der Waals surface area (Å²) in [5.41, 5.74) is 0. The summed E-state index contributed by atoms with van der Waals surface area (Å²) in [6.45, 7) is 7.01. The first-order valence-electron chi connectivity index (χ1n) is 5.81. The summed E-state index contributed by atoms with van der Waals surface area (Å²) in [6.07, 6.45) is 0. The van der Waals surface area contributed by atoms with Crippen molar-refractivity contribution in [2.75, 3.05) is 18.8 Å². The number of nitrogens with one attached hydrogen (secondary N) is 1. The van der Waals surface area contributed by atoms with Gasteiger partial charge in [0.25, 0.3) is 0 Å². The summed E-state index contributed by atoms with van der Waals surface area (Å²) in [5.74, 6) is -0.186. The highest BCUT2D eigenvalue weighted by atomic mass is 32.2. The first kappa shape index (κ1) is 14.2. The van der Waals surface area contributed by atoms with Gasteiger partial charge in [0.15, 0.2) is 0 Å². The zero-order chi connectivity index (χ0) is 13.0. The Kier molecular flexibility index (Phi) is 5.11. The molecule has 17 heavy (non-hydrogen) atoms. The SMILES string of the molecule is CC1CN(C(=O)N[C@H](C(=O)O)C(C)C)CCS1. The van der Waals surface area contributed by atoms with E-state index < -0.39 is 12.0 Å². The van der Waals surface area contributed by atoms with E-state index in [1.54, 1.807) is 18.7 Å². The molecule has 0 saturated carbocycles. The number of carboxylic acid groups (broad SMARTS) is 1. The van der Waals surface area contributed by atoms with E-state index >= 15 is 0 Å². The van der Waals surface area contributed by atoms with Gasteiger partial charge < -0.3 is 15.3 Å². The summed E-state index contributed by atoms with van der Waals surface area (Å²) in [4.78, 5) is 24.6. The van der Waals surface area contributed by atoms with Crippen LogP contribution in [0.25, 0.3) is 0 Å². The van der Waals surface area contributed by atoms with Crippen LogP contribution in [-0.2, 0) is 4.79 Å². The van der Waals surface area contributed by atoms with Crippen LogP contribution in [0.1, 0.15) is 20.8 Å². The van der Waals surface area contributed by atoms with Gasteiger partial charge in [-0.3, -0.25) is 0 Å². The van der Waals surface area contributed by atoms with E-state index in [0.717, 1.165) is 5.75 Å². The van der Waals surface area contributed by atoms with E-state index in [0.29, 0.717) is 18.3 Å². The van der Waals surface area contributed by atoms with E-state index in [1.807, 2.05) is 11.8 Å². The van der Waals surface area contributed by atoms with Gasteiger partial charge in [0.05, 0.1) is 0 Å². The molecule has 1 aliphatic heterocycles. The van der Waals surface area contributed by atoms with Crippen LogP contribution in [0.4, 0.5) is 4.79 Å². The predicted octanol–water partition coefficient (Wildman–Crippen LogP) is 1.24. The Morgan fingerprint density at radius 2 is 2.12 bits per heavy atom.